The molecule has 1 aromatic heterocycles. The predicted octanol–water partition coefficient (Wildman–Crippen LogP) is 4.48. The Kier molecular flexibility index (Phi) is 4.50. The van der Waals surface area contributed by atoms with E-state index in [1.54, 1.807) is 18.2 Å². The lowest BCUT2D eigenvalue weighted by atomic mass is 10.0. The van der Waals surface area contributed by atoms with Gasteiger partial charge < -0.3 is 23.7 Å². The van der Waals surface area contributed by atoms with Crippen LogP contribution in [0.4, 0.5) is 4.39 Å². The second kappa shape index (κ2) is 7.01. The zero-order valence-corrected chi connectivity index (χ0v) is 15.9. The van der Waals surface area contributed by atoms with Gasteiger partial charge in [-0.05, 0) is 36.4 Å². The van der Waals surface area contributed by atoms with E-state index < -0.39 is 11.6 Å². The number of phenolic OH excluding ortho intramolecular Hbond substituents is 1. The van der Waals surface area contributed by atoms with Crippen molar-refractivity contribution in [1.29, 1.82) is 0 Å². The predicted molar refractivity (Wildman–Crippen MR) is 107 cm³/mol. The van der Waals surface area contributed by atoms with E-state index in [2.05, 4.69) is 0 Å². The molecule has 6 nitrogen and oxygen atoms in total. The topological polar surface area (TPSA) is 78.1 Å². The molecule has 0 saturated heterocycles. The number of halogens is 1. The van der Waals surface area contributed by atoms with Gasteiger partial charge in [0.2, 0.25) is 0 Å². The minimum absolute atomic E-state index is 0.151. The molecule has 0 spiro atoms. The van der Waals surface area contributed by atoms with Crippen molar-refractivity contribution in [1.82, 2.24) is 0 Å². The summed E-state index contributed by atoms with van der Waals surface area (Å²) in [6, 6.07) is 10.0. The van der Waals surface area contributed by atoms with Crippen molar-refractivity contribution in [2.75, 3.05) is 21.3 Å². The Labute approximate surface area is 164 Å². The van der Waals surface area contributed by atoms with Crippen molar-refractivity contribution in [3.05, 3.63) is 58.5 Å². The maximum Gasteiger partial charge on any atom is 0.193 e. The molecule has 4 aromatic rings. The quantitative estimate of drug-likeness (QED) is 0.513. The van der Waals surface area contributed by atoms with E-state index in [1.165, 1.54) is 39.5 Å². The van der Waals surface area contributed by atoms with Crippen LogP contribution in [0.5, 0.6) is 23.0 Å². The summed E-state index contributed by atoms with van der Waals surface area (Å²) in [7, 11) is 4.52. The Hall–Kier alpha value is -3.74. The minimum Gasteiger partial charge on any atom is -0.505 e. The molecule has 0 bridgehead atoms. The Bertz CT molecular complexity index is 1310. The highest BCUT2D eigenvalue weighted by Gasteiger charge is 2.20. The van der Waals surface area contributed by atoms with Crippen LogP contribution in [-0.2, 0) is 0 Å². The van der Waals surface area contributed by atoms with Crippen LogP contribution in [0.25, 0.3) is 33.1 Å². The van der Waals surface area contributed by atoms with Gasteiger partial charge in [0.1, 0.15) is 23.0 Å². The highest BCUT2D eigenvalue weighted by atomic mass is 19.1. The number of benzene rings is 3. The fraction of sp³-hybridized carbons (Fsp3) is 0.136. The van der Waals surface area contributed by atoms with Gasteiger partial charge in [0.05, 0.1) is 37.5 Å². The number of rotatable bonds is 4. The highest BCUT2D eigenvalue weighted by molar-refractivity contribution is 6.13. The lowest BCUT2D eigenvalue weighted by molar-refractivity contribution is 0.400. The lowest BCUT2D eigenvalue weighted by Crippen LogP contribution is -2.03. The average molecular weight is 396 g/mol. The molecule has 0 atom stereocenters. The van der Waals surface area contributed by atoms with Crippen LogP contribution < -0.4 is 19.6 Å². The van der Waals surface area contributed by atoms with E-state index in [4.69, 9.17) is 18.6 Å². The first kappa shape index (κ1) is 18.6. The number of hydrogen-bond acceptors (Lipinski definition) is 6. The third-order valence-electron chi connectivity index (χ3n) is 4.75. The maximum atomic E-state index is 13.8. The minimum atomic E-state index is -0.816. The molecular weight excluding hydrogens is 379 g/mol. The van der Waals surface area contributed by atoms with E-state index in [0.29, 0.717) is 33.6 Å². The molecule has 1 N–H and O–H groups in total. The Balaban J connectivity index is 2.17. The van der Waals surface area contributed by atoms with E-state index in [9.17, 15) is 14.3 Å². The SMILES string of the molecule is COc1ccc(OC)c2c1c(OC)cc1c(=O)cc(-c3ccc(O)c(F)c3)oc12. The molecule has 0 unspecified atom stereocenters. The number of methoxy groups -OCH3 is 3. The van der Waals surface area contributed by atoms with Crippen molar-refractivity contribution < 1.29 is 28.1 Å². The van der Waals surface area contributed by atoms with Gasteiger partial charge in [-0.1, -0.05) is 0 Å². The van der Waals surface area contributed by atoms with Gasteiger partial charge in [0, 0.05) is 11.6 Å². The molecule has 0 amide bonds. The van der Waals surface area contributed by atoms with Gasteiger partial charge >= 0.3 is 0 Å². The van der Waals surface area contributed by atoms with Gasteiger partial charge in [-0.3, -0.25) is 4.79 Å². The summed E-state index contributed by atoms with van der Waals surface area (Å²) >= 11 is 0. The monoisotopic (exact) mass is 396 g/mol. The normalized spacial score (nSPS) is 11.0. The summed E-state index contributed by atoms with van der Waals surface area (Å²) in [5.41, 5.74) is 0.234. The molecular formula is C22H17FO6. The molecule has 148 valence electrons. The third-order valence-corrected chi connectivity index (χ3v) is 4.75. The third kappa shape index (κ3) is 2.91. The van der Waals surface area contributed by atoms with Crippen LogP contribution in [-0.4, -0.2) is 26.4 Å². The van der Waals surface area contributed by atoms with E-state index in [0.717, 1.165) is 6.07 Å². The van der Waals surface area contributed by atoms with Crippen molar-refractivity contribution in [2.45, 2.75) is 0 Å². The fourth-order valence-corrected chi connectivity index (χ4v) is 3.37. The first-order chi connectivity index (χ1) is 14.0. The van der Waals surface area contributed by atoms with Crippen LogP contribution in [0.2, 0.25) is 0 Å². The molecule has 0 radical (unpaired) electrons. The summed E-state index contributed by atoms with van der Waals surface area (Å²) in [4.78, 5) is 12.9. The molecule has 3 aromatic carbocycles. The van der Waals surface area contributed by atoms with E-state index in [1.807, 2.05) is 0 Å². The first-order valence-corrected chi connectivity index (χ1v) is 8.67. The maximum absolute atomic E-state index is 13.8. The number of hydrogen-bond donors (Lipinski definition) is 1. The van der Waals surface area contributed by atoms with E-state index >= 15 is 0 Å². The molecule has 0 fully saturated rings. The number of fused-ring (bicyclic) bond motifs is 3. The molecule has 1 heterocycles. The standard InChI is InChI=1S/C22H17FO6/c1-26-16-6-7-17(27-2)21-20(16)19(28-3)9-12-15(25)10-18(29-22(12)21)11-4-5-14(24)13(23)8-11/h4-10,24H,1-3H3. The molecule has 4 rings (SSSR count). The Morgan fingerprint density at radius 2 is 1.52 bits per heavy atom. The van der Waals surface area contributed by atoms with Crippen molar-refractivity contribution in [3.8, 4) is 34.3 Å². The molecule has 0 aliphatic rings. The summed E-state index contributed by atoms with van der Waals surface area (Å²) < 4.78 is 36.3. The van der Waals surface area contributed by atoms with Crippen molar-refractivity contribution in [2.24, 2.45) is 0 Å². The van der Waals surface area contributed by atoms with Crippen molar-refractivity contribution >= 4 is 21.7 Å². The summed E-state index contributed by atoms with van der Waals surface area (Å²) in [6.45, 7) is 0. The number of ether oxygens (including phenoxy) is 3. The van der Waals surface area contributed by atoms with Crippen LogP contribution >= 0.6 is 0 Å². The molecule has 0 aliphatic heterocycles. The molecule has 29 heavy (non-hydrogen) atoms. The summed E-state index contributed by atoms with van der Waals surface area (Å²) in [5, 5.41) is 10.8. The van der Waals surface area contributed by atoms with Crippen LogP contribution in [0.1, 0.15) is 0 Å². The Morgan fingerprint density at radius 3 is 2.14 bits per heavy atom. The second-order valence-corrected chi connectivity index (χ2v) is 6.32. The average Bonchev–Trinajstić information content (AvgIpc) is 2.74. The zero-order valence-electron chi connectivity index (χ0n) is 15.9. The Morgan fingerprint density at radius 1 is 0.862 bits per heavy atom. The largest absolute Gasteiger partial charge is 0.505 e. The fourth-order valence-electron chi connectivity index (χ4n) is 3.37. The smallest absolute Gasteiger partial charge is 0.193 e. The molecule has 7 heteroatoms. The van der Waals surface area contributed by atoms with Crippen molar-refractivity contribution in [3.63, 3.8) is 0 Å². The van der Waals surface area contributed by atoms with Crippen LogP contribution in [0, 0.1) is 5.82 Å². The highest BCUT2D eigenvalue weighted by Crippen LogP contribution is 2.44. The molecule has 0 saturated carbocycles. The zero-order chi connectivity index (χ0) is 20.7. The second-order valence-electron chi connectivity index (χ2n) is 6.32. The van der Waals surface area contributed by atoms with Gasteiger partial charge in [0.15, 0.2) is 22.6 Å². The summed E-state index contributed by atoms with van der Waals surface area (Å²) in [6.07, 6.45) is 0. The van der Waals surface area contributed by atoms with Gasteiger partial charge in [-0.2, -0.15) is 0 Å². The van der Waals surface area contributed by atoms with Crippen LogP contribution in [0.15, 0.2) is 51.7 Å². The van der Waals surface area contributed by atoms with Crippen LogP contribution in [0.3, 0.4) is 0 Å². The number of phenols is 1. The number of aromatic hydroxyl groups is 1. The van der Waals surface area contributed by atoms with E-state index in [-0.39, 0.29) is 22.2 Å². The lowest BCUT2D eigenvalue weighted by Gasteiger charge is -2.15. The molecule has 0 aliphatic carbocycles. The first-order valence-electron chi connectivity index (χ1n) is 8.67. The van der Waals surface area contributed by atoms with Gasteiger partial charge in [-0.25, -0.2) is 4.39 Å². The summed E-state index contributed by atoms with van der Waals surface area (Å²) in [5.74, 6) is 0.254. The van der Waals surface area contributed by atoms with Gasteiger partial charge in [-0.15, -0.1) is 0 Å². The van der Waals surface area contributed by atoms with Gasteiger partial charge in [0.25, 0.3) is 0 Å².